The first-order valence-electron chi connectivity index (χ1n) is 7.98. The van der Waals surface area contributed by atoms with E-state index in [4.69, 9.17) is 0 Å². The van der Waals surface area contributed by atoms with Gasteiger partial charge in [-0.3, -0.25) is 9.20 Å². The molecule has 0 N–H and O–H groups in total. The van der Waals surface area contributed by atoms with E-state index in [2.05, 4.69) is 10.2 Å². The molecule has 0 aliphatic heterocycles. The highest BCUT2D eigenvalue weighted by Gasteiger charge is 2.22. The molecule has 24 heavy (non-hydrogen) atoms. The summed E-state index contributed by atoms with van der Waals surface area (Å²) in [5.41, 5.74) is 1.93. The molecule has 0 unspecified atom stereocenters. The molecule has 2 heterocycles. The summed E-state index contributed by atoms with van der Waals surface area (Å²) in [6, 6.07) is 15.8. The Morgan fingerprint density at radius 1 is 1.17 bits per heavy atom. The predicted octanol–water partition coefficient (Wildman–Crippen LogP) is 3.26. The van der Waals surface area contributed by atoms with Crippen molar-refractivity contribution in [1.29, 1.82) is 0 Å². The molecule has 6 heteroatoms. The van der Waals surface area contributed by atoms with Gasteiger partial charge in [0.1, 0.15) is 0 Å². The molecule has 1 atom stereocenters. The third kappa shape index (κ3) is 3.59. The smallest absolute Gasteiger partial charge is 0.236 e. The molecule has 0 saturated carbocycles. The van der Waals surface area contributed by atoms with Gasteiger partial charge in [-0.2, -0.15) is 0 Å². The number of carbonyl (C=O) groups is 1. The Hall–Kier alpha value is -2.34. The summed E-state index contributed by atoms with van der Waals surface area (Å²) >= 11 is 1.44. The largest absolute Gasteiger partial charge is 0.338 e. The molecule has 0 fully saturated rings. The summed E-state index contributed by atoms with van der Waals surface area (Å²) in [5.74, 6) is 0.110. The molecule has 1 aromatic carbocycles. The molecule has 0 bridgehead atoms. The Labute approximate surface area is 145 Å². The molecule has 0 radical (unpaired) electrons. The SMILES string of the molecule is CCN(Cc1ccccc1)C(=O)[C@@H](C)Sc1nnc2ccccn12. The van der Waals surface area contributed by atoms with E-state index in [1.807, 2.05) is 77.9 Å². The minimum absolute atomic E-state index is 0.110. The van der Waals surface area contributed by atoms with Gasteiger partial charge in [0.15, 0.2) is 10.8 Å². The lowest BCUT2D eigenvalue weighted by molar-refractivity contribution is -0.130. The van der Waals surface area contributed by atoms with Crippen LogP contribution in [-0.2, 0) is 11.3 Å². The van der Waals surface area contributed by atoms with Crippen molar-refractivity contribution in [2.45, 2.75) is 30.8 Å². The Kier molecular flexibility index (Phi) is 5.15. The van der Waals surface area contributed by atoms with E-state index in [-0.39, 0.29) is 11.2 Å². The number of amides is 1. The van der Waals surface area contributed by atoms with Crippen molar-refractivity contribution in [3.05, 3.63) is 60.3 Å². The van der Waals surface area contributed by atoms with Crippen LogP contribution >= 0.6 is 11.8 Å². The van der Waals surface area contributed by atoms with E-state index in [0.29, 0.717) is 13.1 Å². The van der Waals surface area contributed by atoms with Crippen LogP contribution in [0, 0.1) is 0 Å². The number of rotatable bonds is 6. The van der Waals surface area contributed by atoms with Crippen LogP contribution in [0.5, 0.6) is 0 Å². The average Bonchev–Trinajstić information content (AvgIpc) is 3.03. The third-order valence-electron chi connectivity index (χ3n) is 3.82. The number of carbonyl (C=O) groups excluding carboxylic acids is 1. The molecular formula is C18H20N4OS. The first kappa shape index (κ1) is 16.5. The van der Waals surface area contributed by atoms with Gasteiger partial charge in [-0.25, -0.2) is 0 Å². The second kappa shape index (κ2) is 7.49. The fourth-order valence-corrected chi connectivity index (χ4v) is 3.44. The topological polar surface area (TPSA) is 50.5 Å². The molecule has 0 aliphatic rings. The van der Waals surface area contributed by atoms with Gasteiger partial charge in [-0.05, 0) is 31.5 Å². The Morgan fingerprint density at radius 2 is 1.92 bits per heavy atom. The van der Waals surface area contributed by atoms with E-state index in [1.54, 1.807) is 0 Å². The van der Waals surface area contributed by atoms with Crippen molar-refractivity contribution in [2.75, 3.05) is 6.54 Å². The number of hydrogen-bond acceptors (Lipinski definition) is 4. The number of pyridine rings is 1. The van der Waals surface area contributed by atoms with Crippen molar-refractivity contribution in [3.8, 4) is 0 Å². The summed E-state index contributed by atoms with van der Waals surface area (Å²) in [6.07, 6.45) is 1.91. The number of nitrogens with zero attached hydrogens (tertiary/aromatic N) is 4. The normalized spacial score (nSPS) is 12.2. The molecule has 0 spiro atoms. The first-order valence-corrected chi connectivity index (χ1v) is 8.86. The third-order valence-corrected chi connectivity index (χ3v) is 4.87. The number of hydrogen-bond donors (Lipinski definition) is 0. The minimum atomic E-state index is -0.221. The van der Waals surface area contributed by atoms with Crippen LogP contribution in [-0.4, -0.2) is 37.2 Å². The highest BCUT2D eigenvalue weighted by atomic mass is 32.2. The molecule has 0 saturated heterocycles. The predicted molar refractivity (Wildman–Crippen MR) is 95.8 cm³/mol. The van der Waals surface area contributed by atoms with Crippen LogP contribution < -0.4 is 0 Å². The van der Waals surface area contributed by atoms with Gasteiger partial charge < -0.3 is 4.90 Å². The standard InChI is InChI=1S/C18H20N4OS/c1-3-21(13-15-9-5-4-6-10-15)17(23)14(2)24-18-20-19-16-11-7-8-12-22(16)18/h4-12,14H,3,13H2,1-2H3/t14-/m1/s1. The lowest BCUT2D eigenvalue weighted by atomic mass is 10.2. The zero-order valence-electron chi connectivity index (χ0n) is 13.8. The van der Waals surface area contributed by atoms with Crippen molar-refractivity contribution in [3.63, 3.8) is 0 Å². The van der Waals surface area contributed by atoms with Crippen molar-refractivity contribution in [1.82, 2.24) is 19.5 Å². The van der Waals surface area contributed by atoms with Crippen LogP contribution in [0.2, 0.25) is 0 Å². The number of aromatic nitrogens is 3. The summed E-state index contributed by atoms with van der Waals surface area (Å²) in [4.78, 5) is 14.7. The second-order valence-corrected chi connectivity index (χ2v) is 6.82. The summed E-state index contributed by atoms with van der Waals surface area (Å²) in [7, 11) is 0. The zero-order valence-corrected chi connectivity index (χ0v) is 14.6. The fourth-order valence-electron chi connectivity index (χ4n) is 2.51. The average molecular weight is 340 g/mol. The number of fused-ring (bicyclic) bond motifs is 1. The van der Waals surface area contributed by atoms with Crippen LogP contribution in [0.15, 0.2) is 59.9 Å². The van der Waals surface area contributed by atoms with Gasteiger partial charge in [0, 0.05) is 19.3 Å². The van der Waals surface area contributed by atoms with E-state index in [9.17, 15) is 4.79 Å². The Morgan fingerprint density at radius 3 is 2.67 bits per heavy atom. The maximum Gasteiger partial charge on any atom is 0.236 e. The lowest BCUT2D eigenvalue weighted by Crippen LogP contribution is -2.36. The van der Waals surface area contributed by atoms with E-state index in [0.717, 1.165) is 16.4 Å². The van der Waals surface area contributed by atoms with E-state index in [1.165, 1.54) is 11.8 Å². The highest BCUT2D eigenvalue weighted by molar-refractivity contribution is 8.00. The van der Waals surface area contributed by atoms with E-state index >= 15 is 0 Å². The van der Waals surface area contributed by atoms with E-state index < -0.39 is 0 Å². The van der Waals surface area contributed by atoms with Gasteiger partial charge in [-0.15, -0.1) is 10.2 Å². The molecule has 0 aliphatic carbocycles. The Balaban J connectivity index is 1.71. The van der Waals surface area contributed by atoms with Crippen LogP contribution in [0.25, 0.3) is 5.65 Å². The molecule has 124 valence electrons. The minimum Gasteiger partial charge on any atom is -0.338 e. The van der Waals surface area contributed by atoms with Crippen molar-refractivity contribution < 1.29 is 4.79 Å². The summed E-state index contributed by atoms with van der Waals surface area (Å²) < 4.78 is 1.90. The van der Waals surface area contributed by atoms with Crippen LogP contribution in [0.3, 0.4) is 0 Å². The monoisotopic (exact) mass is 340 g/mol. The molecule has 3 rings (SSSR count). The van der Waals surface area contributed by atoms with Crippen molar-refractivity contribution >= 4 is 23.3 Å². The maximum atomic E-state index is 12.8. The maximum absolute atomic E-state index is 12.8. The van der Waals surface area contributed by atoms with Crippen molar-refractivity contribution in [2.24, 2.45) is 0 Å². The fraction of sp³-hybridized carbons (Fsp3) is 0.278. The van der Waals surface area contributed by atoms with Gasteiger partial charge in [0.05, 0.1) is 5.25 Å². The molecule has 3 aromatic rings. The summed E-state index contributed by atoms with van der Waals surface area (Å²) in [5, 5.41) is 8.84. The van der Waals surface area contributed by atoms with Gasteiger partial charge in [-0.1, -0.05) is 48.2 Å². The first-order chi connectivity index (χ1) is 11.7. The number of benzene rings is 1. The molecule has 1 amide bonds. The summed E-state index contributed by atoms with van der Waals surface area (Å²) in [6.45, 7) is 5.23. The second-order valence-electron chi connectivity index (χ2n) is 5.51. The van der Waals surface area contributed by atoms with Gasteiger partial charge in [0.25, 0.3) is 0 Å². The van der Waals surface area contributed by atoms with Gasteiger partial charge in [0.2, 0.25) is 5.91 Å². The molecule has 5 nitrogen and oxygen atoms in total. The molecular weight excluding hydrogens is 320 g/mol. The van der Waals surface area contributed by atoms with Gasteiger partial charge >= 0.3 is 0 Å². The quantitative estimate of drug-likeness (QED) is 0.646. The zero-order chi connectivity index (χ0) is 16.9. The highest BCUT2D eigenvalue weighted by Crippen LogP contribution is 2.23. The van der Waals surface area contributed by atoms with Crippen LogP contribution in [0.1, 0.15) is 19.4 Å². The Bertz CT molecular complexity index is 818. The number of thioether (sulfide) groups is 1. The lowest BCUT2D eigenvalue weighted by Gasteiger charge is -2.24. The van der Waals surface area contributed by atoms with Crippen LogP contribution in [0.4, 0.5) is 0 Å². The molecule has 2 aromatic heterocycles.